The molecular formula is C21H28ClN5O4. The molecule has 1 atom stereocenters. The number of halogens is 1. The van der Waals surface area contributed by atoms with E-state index in [1.165, 1.54) is 7.11 Å². The molecule has 9 nitrogen and oxygen atoms in total. The van der Waals surface area contributed by atoms with E-state index >= 15 is 0 Å². The number of likely N-dealkylation sites (tertiary alicyclic amines) is 2. The summed E-state index contributed by atoms with van der Waals surface area (Å²) in [6.07, 6.45) is 1.74. The highest BCUT2D eigenvalue weighted by Crippen LogP contribution is 2.49. The first-order valence-electron chi connectivity index (χ1n) is 10.3. The monoisotopic (exact) mass is 449 g/mol. The lowest BCUT2D eigenvalue weighted by Gasteiger charge is -2.41. The topological polar surface area (TPSA) is 93.0 Å². The van der Waals surface area contributed by atoms with E-state index in [0.717, 1.165) is 25.9 Å². The molecule has 168 valence electrons. The second-order valence-corrected chi connectivity index (χ2v) is 8.78. The number of nitrogens with one attached hydrogen (secondary N) is 1. The number of ether oxygens (including phenoxy) is 2. The third-order valence-electron chi connectivity index (χ3n) is 6.42. The molecule has 1 unspecified atom stereocenters. The normalized spacial score (nSPS) is 20.8. The summed E-state index contributed by atoms with van der Waals surface area (Å²) in [6.45, 7) is 4.95. The van der Waals surface area contributed by atoms with Crippen LogP contribution in [0.25, 0.3) is 0 Å². The van der Waals surface area contributed by atoms with Crippen LogP contribution in [0.2, 0.25) is 5.02 Å². The number of aromatic nitrogens is 2. The van der Waals surface area contributed by atoms with Crippen LogP contribution in [0.4, 0.5) is 10.5 Å². The van der Waals surface area contributed by atoms with Crippen LogP contribution in [-0.4, -0.2) is 73.5 Å². The summed E-state index contributed by atoms with van der Waals surface area (Å²) in [5, 5.41) is 11.6. The number of nitrogens with zero attached hydrogens (tertiary/aromatic N) is 4. The van der Waals surface area contributed by atoms with Crippen LogP contribution in [0, 0.1) is 12.3 Å². The molecule has 2 amide bonds. The first-order valence-corrected chi connectivity index (χ1v) is 10.7. The highest BCUT2D eigenvalue weighted by atomic mass is 35.5. The van der Waals surface area contributed by atoms with Crippen LogP contribution >= 0.6 is 11.6 Å². The van der Waals surface area contributed by atoms with E-state index in [2.05, 4.69) is 27.5 Å². The average Bonchev–Trinajstić information content (AvgIpc) is 3.31. The summed E-state index contributed by atoms with van der Waals surface area (Å²) < 4.78 is 16.4. The Morgan fingerprint density at radius 1 is 1.23 bits per heavy atom. The number of hydrogen-bond acceptors (Lipinski definition) is 7. The summed E-state index contributed by atoms with van der Waals surface area (Å²) in [5.41, 5.74) is 0.546. The van der Waals surface area contributed by atoms with Gasteiger partial charge in [-0.2, -0.15) is 0 Å². The van der Waals surface area contributed by atoms with E-state index in [4.69, 9.17) is 25.5 Å². The Kier molecular flexibility index (Phi) is 5.98. The third kappa shape index (κ3) is 4.16. The lowest BCUT2D eigenvalue weighted by atomic mass is 9.71. The molecule has 2 aliphatic heterocycles. The zero-order valence-corrected chi connectivity index (χ0v) is 19.0. The van der Waals surface area contributed by atoms with E-state index in [-0.39, 0.29) is 17.4 Å². The quantitative estimate of drug-likeness (QED) is 0.764. The molecular weight excluding hydrogens is 422 g/mol. The molecule has 1 spiro atoms. The minimum absolute atomic E-state index is 0.0333. The van der Waals surface area contributed by atoms with Crippen LogP contribution in [0.3, 0.4) is 0 Å². The van der Waals surface area contributed by atoms with E-state index in [1.807, 2.05) is 11.8 Å². The van der Waals surface area contributed by atoms with Crippen molar-refractivity contribution in [2.75, 3.05) is 52.8 Å². The zero-order valence-electron chi connectivity index (χ0n) is 18.3. The van der Waals surface area contributed by atoms with Crippen molar-refractivity contribution in [3.8, 4) is 11.5 Å². The fraction of sp³-hybridized carbons (Fsp3) is 0.571. The summed E-state index contributed by atoms with van der Waals surface area (Å²) in [7, 11) is 5.19. The zero-order chi connectivity index (χ0) is 22.2. The standard InChI is InChI=1S/C21H28ClN5O4/c1-13-24-25-19(31-13)14-11-26(2)12-21(14)5-7-27(8-6-21)20(28)23-16-9-15(22)17(29-3)10-18(16)30-4/h9-10,14H,5-8,11-12H2,1-4H3,(H,23,28). The second-order valence-electron chi connectivity index (χ2n) is 8.38. The van der Waals surface area contributed by atoms with E-state index < -0.39 is 0 Å². The predicted molar refractivity (Wildman–Crippen MR) is 116 cm³/mol. The van der Waals surface area contributed by atoms with Crippen molar-refractivity contribution in [3.63, 3.8) is 0 Å². The maximum atomic E-state index is 13.0. The molecule has 0 aliphatic carbocycles. The number of carbonyl (C=O) groups is 1. The van der Waals surface area contributed by atoms with Gasteiger partial charge in [-0.05, 0) is 31.4 Å². The molecule has 2 aliphatic rings. The maximum absolute atomic E-state index is 13.0. The van der Waals surface area contributed by atoms with Crippen molar-refractivity contribution >= 4 is 23.3 Å². The first-order chi connectivity index (χ1) is 14.8. The lowest BCUT2D eigenvalue weighted by molar-refractivity contribution is 0.110. The van der Waals surface area contributed by atoms with Gasteiger partial charge in [-0.3, -0.25) is 0 Å². The van der Waals surface area contributed by atoms with Crippen molar-refractivity contribution in [1.82, 2.24) is 20.0 Å². The van der Waals surface area contributed by atoms with Gasteiger partial charge in [0.05, 0.1) is 30.8 Å². The summed E-state index contributed by atoms with van der Waals surface area (Å²) >= 11 is 6.23. The molecule has 1 aromatic heterocycles. The molecule has 2 saturated heterocycles. The minimum Gasteiger partial charge on any atom is -0.495 e. The smallest absolute Gasteiger partial charge is 0.321 e. The molecule has 10 heteroatoms. The molecule has 0 saturated carbocycles. The number of piperidine rings is 1. The van der Waals surface area contributed by atoms with Gasteiger partial charge in [0.25, 0.3) is 0 Å². The third-order valence-corrected chi connectivity index (χ3v) is 6.72. The minimum atomic E-state index is -0.175. The number of hydrogen-bond donors (Lipinski definition) is 1. The van der Waals surface area contributed by atoms with Crippen LogP contribution in [-0.2, 0) is 0 Å². The van der Waals surface area contributed by atoms with E-state index in [1.54, 1.807) is 19.2 Å². The fourth-order valence-corrected chi connectivity index (χ4v) is 5.06. The molecule has 4 rings (SSSR count). The number of carbonyl (C=O) groups excluding carboxylic acids is 1. The molecule has 3 heterocycles. The number of urea groups is 1. The van der Waals surface area contributed by atoms with Gasteiger partial charge in [0.2, 0.25) is 11.8 Å². The number of likely N-dealkylation sites (N-methyl/N-ethyl adjacent to an activating group) is 1. The molecule has 2 aromatic rings. The van der Waals surface area contributed by atoms with Crippen molar-refractivity contribution in [2.24, 2.45) is 5.41 Å². The molecule has 31 heavy (non-hydrogen) atoms. The first kappa shape index (κ1) is 21.7. The fourth-order valence-electron chi connectivity index (χ4n) is 4.82. The molecule has 1 N–H and O–H groups in total. The van der Waals surface area contributed by atoms with Gasteiger partial charge in [-0.15, -0.1) is 10.2 Å². The number of methoxy groups -OCH3 is 2. The Hall–Kier alpha value is -2.52. The number of aryl methyl sites for hydroxylation is 1. The molecule has 1 aromatic carbocycles. The highest BCUT2D eigenvalue weighted by molar-refractivity contribution is 6.32. The van der Waals surface area contributed by atoms with Crippen molar-refractivity contribution in [1.29, 1.82) is 0 Å². The van der Waals surface area contributed by atoms with Gasteiger partial charge in [0.15, 0.2) is 0 Å². The Bertz CT molecular complexity index is 957. The van der Waals surface area contributed by atoms with Gasteiger partial charge >= 0.3 is 6.03 Å². The number of rotatable bonds is 4. The van der Waals surface area contributed by atoms with Gasteiger partial charge in [0.1, 0.15) is 11.5 Å². The summed E-state index contributed by atoms with van der Waals surface area (Å²) in [4.78, 5) is 17.1. The SMILES string of the molecule is COc1cc(OC)c(NC(=O)N2CCC3(CC2)CN(C)CC3c2nnc(C)o2)cc1Cl. The highest BCUT2D eigenvalue weighted by Gasteiger charge is 2.50. The van der Waals surface area contributed by atoms with Gasteiger partial charge in [0, 0.05) is 39.2 Å². The molecule has 0 bridgehead atoms. The van der Waals surface area contributed by atoms with E-state index in [0.29, 0.717) is 47.1 Å². The Morgan fingerprint density at radius 2 is 1.94 bits per heavy atom. The van der Waals surface area contributed by atoms with Crippen LogP contribution in [0.1, 0.15) is 30.5 Å². The Balaban J connectivity index is 1.45. The number of anilines is 1. The predicted octanol–water partition coefficient (Wildman–Crippen LogP) is 3.39. The summed E-state index contributed by atoms with van der Waals surface area (Å²) in [6, 6.07) is 3.13. The molecule has 0 radical (unpaired) electrons. The van der Waals surface area contributed by atoms with Crippen molar-refractivity contribution in [3.05, 3.63) is 28.9 Å². The molecule has 2 fully saturated rings. The number of benzene rings is 1. The van der Waals surface area contributed by atoms with Gasteiger partial charge < -0.3 is 29.0 Å². The van der Waals surface area contributed by atoms with E-state index in [9.17, 15) is 4.79 Å². The Labute approximate surface area is 186 Å². The van der Waals surface area contributed by atoms with Gasteiger partial charge in [-0.1, -0.05) is 11.6 Å². The largest absolute Gasteiger partial charge is 0.495 e. The van der Waals surface area contributed by atoms with Crippen molar-refractivity contribution in [2.45, 2.75) is 25.7 Å². The van der Waals surface area contributed by atoms with Crippen molar-refractivity contribution < 1.29 is 18.7 Å². The average molecular weight is 450 g/mol. The van der Waals surface area contributed by atoms with Gasteiger partial charge in [-0.25, -0.2) is 4.79 Å². The number of amides is 2. The Morgan fingerprint density at radius 3 is 2.55 bits per heavy atom. The summed E-state index contributed by atoms with van der Waals surface area (Å²) in [5.74, 6) is 2.46. The van der Waals surface area contributed by atoms with Crippen LogP contribution in [0.15, 0.2) is 16.5 Å². The lowest BCUT2D eigenvalue weighted by Crippen LogP contribution is -2.47. The van der Waals surface area contributed by atoms with Crippen LogP contribution < -0.4 is 14.8 Å². The second kappa shape index (κ2) is 8.55. The van der Waals surface area contributed by atoms with Crippen LogP contribution in [0.5, 0.6) is 11.5 Å². The maximum Gasteiger partial charge on any atom is 0.321 e.